The Balaban J connectivity index is 1.60. The van der Waals surface area contributed by atoms with Gasteiger partial charge >= 0.3 is 0 Å². The quantitative estimate of drug-likeness (QED) is 0.839. The third-order valence-corrected chi connectivity index (χ3v) is 3.89. The zero-order valence-corrected chi connectivity index (χ0v) is 10.3. The van der Waals surface area contributed by atoms with Crippen LogP contribution < -0.4 is 11.1 Å². The van der Waals surface area contributed by atoms with E-state index in [2.05, 4.69) is 5.32 Å². The largest absolute Gasteiger partial charge is 0.373 e. The van der Waals surface area contributed by atoms with E-state index in [-0.39, 0.29) is 5.91 Å². The zero-order valence-electron chi connectivity index (χ0n) is 10.3. The molecular formula is C14H18N2O2. The monoisotopic (exact) mass is 246 g/mol. The van der Waals surface area contributed by atoms with E-state index in [9.17, 15) is 4.79 Å². The summed E-state index contributed by atoms with van der Waals surface area (Å²) in [5.74, 6) is -0.375. The lowest BCUT2D eigenvalue weighted by atomic mass is 9.95. The minimum absolute atomic E-state index is 0.375. The Morgan fingerprint density at radius 3 is 3.00 bits per heavy atom. The molecule has 3 unspecified atom stereocenters. The maximum Gasteiger partial charge on any atom is 0.248 e. The summed E-state index contributed by atoms with van der Waals surface area (Å²) in [6.45, 7) is 0.762. The van der Waals surface area contributed by atoms with E-state index in [1.54, 1.807) is 6.07 Å². The van der Waals surface area contributed by atoms with E-state index in [1.807, 2.05) is 18.2 Å². The highest BCUT2D eigenvalue weighted by atomic mass is 16.5. The van der Waals surface area contributed by atoms with Crippen LogP contribution in [0, 0.1) is 0 Å². The molecule has 1 aromatic rings. The van der Waals surface area contributed by atoms with Gasteiger partial charge in [0, 0.05) is 18.2 Å². The van der Waals surface area contributed by atoms with Gasteiger partial charge in [-0.15, -0.1) is 0 Å². The molecule has 18 heavy (non-hydrogen) atoms. The summed E-state index contributed by atoms with van der Waals surface area (Å²) in [5.41, 5.74) is 6.93. The number of carbonyl (C=O) groups excluding carboxylic acids is 1. The molecule has 2 saturated heterocycles. The predicted molar refractivity (Wildman–Crippen MR) is 68.1 cm³/mol. The normalized spacial score (nSPS) is 29.7. The fraction of sp³-hybridized carbons (Fsp3) is 0.500. The van der Waals surface area contributed by atoms with E-state index in [0.717, 1.165) is 18.5 Å². The highest BCUT2D eigenvalue weighted by molar-refractivity contribution is 5.92. The first-order chi connectivity index (χ1) is 8.72. The summed E-state index contributed by atoms with van der Waals surface area (Å²) >= 11 is 0. The molecule has 3 atom stereocenters. The van der Waals surface area contributed by atoms with Gasteiger partial charge in [0.1, 0.15) is 0 Å². The molecule has 2 fully saturated rings. The van der Waals surface area contributed by atoms with Crippen molar-refractivity contribution in [1.82, 2.24) is 5.32 Å². The number of carbonyl (C=O) groups is 1. The molecule has 4 nitrogen and oxygen atoms in total. The molecule has 1 amide bonds. The molecule has 4 heteroatoms. The number of fused-ring (bicyclic) bond motifs is 2. The van der Waals surface area contributed by atoms with Crippen LogP contribution in [-0.2, 0) is 11.3 Å². The Bertz CT molecular complexity index is 461. The lowest BCUT2D eigenvalue weighted by molar-refractivity contribution is 0.0971. The van der Waals surface area contributed by atoms with Gasteiger partial charge < -0.3 is 15.8 Å². The van der Waals surface area contributed by atoms with Gasteiger partial charge in [-0.2, -0.15) is 0 Å². The topological polar surface area (TPSA) is 64.4 Å². The van der Waals surface area contributed by atoms with Crippen LogP contribution in [0.3, 0.4) is 0 Å². The number of hydrogen-bond donors (Lipinski definition) is 2. The fourth-order valence-corrected chi connectivity index (χ4v) is 2.94. The average molecular weight is 246 g/mol. The maximum atomic E-state index is 11.1. The van der Waals surface area contributed by atoms with Gasteiger partial charge in [0.05, 0.1) is 12.2 Å². The SMILES string of the molecule is NC(=O)c1cccc(CNC2CC3CCC2O3)c1. The van der Waals surface area contributed by atoms with Crippen molar-refractivity contribution in [1.29, 1.82) is 0 Å². The molecule has 0 aromatic heterocycles. The number of hydrogen-bond acceptors (Lipinski definition) is 3. The number of ether oxygens (including phenoxy) is 1. The Morgan fingerprint density at radius 2 is 2.33 bits per heavy atom. The lowest BCUT2D eigenvalue weighted by Gasteiger charge is -2.20. The second kappa shape index (κ2) is 4.71. The van der Waals surface area contributed by atoms with Crippen molar-refractivity contribution >= 4 is 5.91 Å². The van der Waals surface area contributed by atoms with E-state index in [1.165, 1.54) is 12.8 Å². The standard InChI is InChI=1S/C14H18N2O2/c15-14(17)10-3-1-2-9(6-10)8-16-12-7-11-4-5-13(12)18-11/h1-3,6,11-13,16H,4-5,7-8H2,(H2,15,17). The summed E-state index contributed by atoms with van der Waals surface area (Å²) in [5, 5.41) is 3.52. The van der Waals surface area contributed by atoms with E-state index < -0.39 is 0 Å². The van der Waals surface area contributed by atoms with Gasteiger partial charge in [-0.1, -0.05) is 12.1 Å². The molecule has 2 heterocycles. The molecule has 3 rings (SSSR count). The van der Waals surface area contributed by atoms with Crippen molar-refractivity contribution in [3.05, 3.63) is 35.4 Å². The molecule has 2 bridgehead atoms. The van der Waals surface area contributed by atoms with Gasteiger partial charge in [0.2, 0.25) is 5.91 Å². The number of nitrogens with two attached hydrogens (primary N) is 1. The van der Waals surface area contributed by atoms with E-state index in [0.29, 0.717) is 23.8 Å². The third-order valence-electron chi connectivity index (χ3n) is 3.89. The first-order valence-corrected chi connectivity index (χ1v) is 6.50. The Labute approximate surface area is 107 Å². The number of primary amides is 1. The van der Waals surface area contributed by atoms with Crippen LogP contribution in [0.15, 0.2) is 24.3 Å². The van der Waals surface area contributed by atoms with Gasteiger partial charge in [-0.3, -0.25) is 4.79 Å². The highest BCUT2D eigenvalue weighted by Gasteiger charge is 2.40. The third kappa shape index (κ3) is 2.26. The molecule has 0 saturated carbocycles. The Morgan fingerprint density at radius 1 is 1.44 bits per heavy atom. The average Bonchev–Trinajstić information content (AvgIpc) is 2.99. The van der Waals surface area contributed by atoms with E-state index in [4.69, 9.17) is 10.5 Å². The fourth-order valence-electron chi connectivity index (χ4n) is 2.94. The number of rotatable bonds is 4. The van der Waals surface area contributed by atoms with Crippen LogP contribution in [0.5, 0.6) is 0 Å². The van der Waals surface area contributed by atoms with Crippen molar-refractivity contribution < 1.29 is 9.53 Å². The maximum absolute atomic E-state index is 11.1. The molecule has 96 valence electrons. The minimum atomic E-state index is -0.375. The molecule has 0 radical (unpaired) electrons. The van der Waals surface area contributed by atoms with Crippen LogP contribution in [0.4, 0.5) is 0 Å². The van der Waals surface area contributed by atoms with Gasteiger partial charge in [0.15, 0.2) is 0 Å². The summed E-state index contributed by atoms with van der Waals surface area (Å²) < 4.78 is 5.80. The number of benzene rings is 1. The molecule has 2 aliphatic rings. The lowest BCUT2D eigenvalue weighted by Crippen LogP contribution is -2.37. The first kappa shape index (κ1) is 11.7. The summed E-state index contributed by atoms with van der Waals surface area (Å²) in [4.78, 5) is 11.1. The Hall–Kier alpha value is -1.39. The zero-order chi connectivity index (χ0) is 12.5. The molecule has 0 aliphatic carbocycles. The molecule has 1 aromatic carbocycles. The highest BCUT2D eigenvalue weighted by Crippen LogP contribution is 2.34. The minimum Gasteiger partial charge on any atom is -0.373 e. The van der Waals surface area contributed by atoms with Crippen LogP contribution in [0.25, 0.3) is 0 Å². The Kier molecular flexibility index (Phi) is 3.06. The summed E-state index contributed by atoms with van der Waals surface area (Å²) in [6, 6.07) is 7.93. The molecule has 2 aliphatic heterocycles. The second-order valence-corrected chi connectivity index (χ2v) is 5.16. The van der Waals surface area contributed by atoms with Crippen LogP contribution in [-0.4, -0.2) is 24.2 Å². The van der Waals surface area contributed by atoms with E-state index >= 15 is 0 Å². The smallest absolute Gasteiger partial charge is 0.248 e. The van der Waals surface area contributed by atoms with Gasteiger partial charge in [0.25, 0.3) is 0 Å². The van der Waals surface area contributed by atoms with Crippen molar-refractivity contribution in [3.63, 3.8) is 0 Å². The van der Waals surface area contributed by atoms with Crippen molar-refractivity contribution in [3.8, 4) is 0 Å². The summed E-state index contributed by atoms with van der Waals surface area (Å²) in [6.07, 6.45) is 4.34. The van der Waals surface area contributed by atoms with Gasteiger partial charge in [-0.25, -0.2) is 0 Å². The van der Waals surface area contributed by atoms with Gasteiger partial charge in [-0.05, 0) is 37.0 Å². The van der Waals surface area contributed by atoms with Crippen LogP contribution in [0.2, 0.25) is 0 Å². The predicted octanol–water partition coefficient (Wildman–Crippen LogP) is 1.19. The first-order valence-electron chi connectivity index (χ1n) is 6.50. The second-order valence-electron chi connectivity index (χ2n) is 5.16. The number of amides is 1. The summed E-state index contributed by atoms with van der Waals surface area (Å²) in [7, 11) is 0. The molecular weight excluding hydrogens is 228 g/mol. The van der Waals surface area contributed by atoms with Crippen molar-refractivity contribution in [2.24, 2.45) is 5.73 Å². The molecule has 3 N–H and O–H groups in total. The van der Waals surface area contributed by atoms with Crippen molar-refractivity contribution in [2.75, 3.05) is 0 Å². The molecule has 0 spiro atoms. The van der Waals surface area contributed by atoms with Crippen LogP contribution >= 0.6 is 0 Å². The van der Waals surface area contributed by atoms with Crippen molar-refractivity contribution in [2.45, 2.75) is 44.1 Å². The number of nitrogens with one attached hydrogen (secondary N) is 1. The van der Waals surface area contributed by atoms with Crippen LogP contribution in [0.1, 0.15) is 35.2 Å².